The summed E-state index contributed by atoms with van der Waals surface area (Å²) in [5.74, 6) is -0.0123. The third kappa shape index (κ3) is 3.88. The maximum Gasteiger partial charge on any atom is 0.252 e. The Hall–Kier alpha value is -0.390. The van der Waals surface area contributed by atoms with Crippen LogP contribution < -0.4 is 5.32 Å². The number of alkyl halides is 1. The maximum absolute atomic E-state index is 11.9. The van der Waals surface area contributed by atoms with Crippen molar-refractivity contribution in [2.24, 2.45) is 0 Å². The second kappa shape index (κ2) is 7.04. The van der Waals surface area contributed by atoms with Gasteiger partial charge in [-0.15, -0.1) is 0 Å². The van der Waals surface area contributed by atoms with Crippen molar-refractivity contribution in [1.82, 2.24) is 5.32 Å². The molecular weight excluding hydrogens is 290 g/mol. The van der Waals surface area contributed by atoms with E-state index in [1.165, 1.54) is 0 Å². The highest BCUT2D eigenvalue weighted by Crippen LogP contribution is 2.13. The Labute approximate surface area is 108 Å². The Bertz CT molecular complexity index is 334. The number of thiophene rings is 1. The third-order valence-electron chi connectivity index (χ3n) is 2.26. The van der Waals surface area contributed by atoms with Crippen LogP contribution in [0.5, 0.6) is 0 Å². The normalized spacial score (nSPS) is 12.4. The average molecular weight is 306 g/mol. The zero-order valence-corrected chi connectivity index (χ0v) is 11.9. The van der Waals surface area contributed by atoms with Crippen LogP contribution in [0.15, 0.2) is 10.8 Å². The van der Waals surface area contributed by atoms with E-state index in [9.17, 15) is 4.79 Å². The van der Waals surface area contributed by atoms with E-state index in [0.29, 0.717) is 6.61 Å². The number of hydrogen-bond acceptors (Lipinski definition) is 3. The molecule has 1 aromatic heterocycles. The fraction of sp³-hybridized carbons (Fsp3) is 0.545. The molecule has 0 aliphatic rings. The van der Waals surface area contributed by atoms with E-state index in [-0.39, 0.29) is 11.9 Å². The summed E-state index contributed by atoms with van der Waals surface area (Å²) >= 11 is 4.92. The topological polar surface area (TPSA) is 38.3 Å². The van der Waals surface area contributed by atoms with Crippen molar-refractivity contribution in [3.05, 3.63) is 21.9 Å². The van der Waals surface area contributed by atoms with E-state index in [0.717, 1.165) is 22.9 Å². The minimum Gasteiger partial charge on any atom is -0.383 e. The Morgan fingerprint density at radius 3 is 2.88 bits per heavy atom. The number of ether oxygens (including phenoxy) is 1. The minimum absolute atomic E-state index is 0.0123. The lowest BCUT2D eigenvalue weighted by Crippen LogP contribution is -2.38. The van der Waals surface area contributed by atoms with Crippen LogP contribution >= 0.6 is 27.3 Å². The lowest BCUT2D eigenvalue weighted by Gasteiger charge is -2.16. The zero-order valence-electron chi connectivity index (χ0n) is 9.46. The summed E-state index contributed by atoms with van der Waals surface area (Å²) in [5, 5.41) is 7.68. The number of rotatable bonds is 6. The van der Waals surface area contributed by atoms with Gasteiger partial charge in [0.25, 0.3) is 5.91 Å². The van der Waals surface area contributed by atoms with Crippen molar-refractivity contribution >= 4 is 33.2 Å². The van der Waals surface area contributed by atoms with E-state index in [1.54, 1.807) is 18.4 Å². The minimum atomic E-state index is -0.0123. The Balaban J connectivity index is 2.58. The molecule has 0 aromatic carbocycles. The van der Waals surface area contributed by atoms with Crippen LogP contribution in [0.1, 0.15) is 22.3 Å². The van der Waals surface area contributed by atoms with Crippen molar-refractivity contribution < 1.29 is 9.53 Å². The fourth-order valence-corrected chi connectivity index (χ4v) is 2.77. The van der Waals surface area contributed by atoms with Gasteiger partial charge >= 0.3 is 0 Å². The molecular formula is C11H16BrNO2S. The molecule has 5 heteroatoms. The van der Waals surface area contributed by atoms with Crippen LogP contribution in [0.25, 0.3) is 0 Å². The van der Waals surface area contributed by atoms with Gasteiger partial charge in [0.1, 0.15) is 0 Å². The Morgan fingerprint density at radius 1 is 1.62 bits per heavy atom. The highest BCUT2D eigenvalue weighted by atomic mass is 79.9. The summed E-state index contributed by atoms with van der Waals surface area (Å²) < 4.78 is 5.07. The summed E-state index contributed by atoms with van der Waals surface area (Å²) in [4.78, 5) is 11.9. The van der Waals surface area contributed by atoms with E-state index >= 15 is 0 Å². The van der Waals surface area contributed by atoms with E-state index in [1.807, 2.05) is 17.7 Å². The summed E-state index contributed by atoms with van der Waals surface area (Å²) in [7, 11) is 1.64. The summed E-state index contributed by atoms with van der Waals surface area (Å²) in [6.45, 7) is 2.49. The number of carbonyl (C=O) groups excluding carboxylic acids is 1. The van der Waals surface area contributed by atoms with Gasteiger partial charge in [0.05, 0.1) is 18.2 Å². The molecule has 0 fully saturated rings. The molecule has 1 rings (SSSR count). The van der Waals surface area contributed by atoms with Gasteiger partial charge in [0.2, 0.25) is 0 Å². The number of hydrogen-bond donors (Lipinski definition) is 1. The van der Waals surface area contributed by atoms with E-state index < -0.39 is 0 Å². The largest absolute Gasteiger partial charge is 0.383 e. The summed E-state index contributed by atoms with van der Waals surface area (Å²) in [6.07, 6.45) is 0.864. The first-order chi connectivity index (χ1) is 7.69. The molecule has 0 aliphatic carbocycles. The predicted octanol–water partition coefficient (Wildman–Crippen LogP) is 2.59. The van der Waals surface area contributed by atoms with Crippen molar-refractivity contribution in [2.45, 2.75) is 19.4 Å². The van der Waals surface area contributed by atoms with Crippen LogP contribution in [0.2, 0.25) is 0 Å². The number of methoxy groups -OCH3 is 1. The van der Waals surface area contributed by atoms with Crippen LogP contribution in [-0.4, -0.2) is 31.0 Å². The molecule has 1 heterocycles. The first-order valence-corrected chi connectivity index (χ1v) is 7.14. The van der Waals surface area contributed by atoms with Crippen LogP contribution in [0.3, 0.4) is 0 Å². The molecule has 1 N–H and O–H groups in total. The van der Waals surface area contributed by atoms with Gasteiger partial charge < -0.3 is 10.1 Å². The number of aryl methyl sites for hydroxylation is 1. The number of halogens is 1. The van der Waals surface area contributed by atoms with Crippen molar-refractivity contribution in [3.63, 3.8) is 0 Å². The molecule has 0 saturated carbocycles. The molecule has 1 atom stereocenters. The quantitative estimate of drug-likeness (QED) is 0.820. The number of nitrogens with one attached hydrogen (secondary N) is 1. The second-order valence-corrected chi connectivity index (χ2v) is 5.11. The van der Waals surface area contributed by atoms with Gasteiger partial charge in [-0.05, 0) is 24.3 Å². The lowest BCUT2D eigenvalue weighted by atomic mass is 10.2. The molecule has 1 unspecified atom stereocenters. The van der Waals surface area contributed by atoms with Gasteiger partial charge in [0.15, 0.2) is 0 Å². The molecule has 0 radical (unpaired) electrons. The Morgan fingerprint density at radius 2 is 2.38 bits per heavy atom. The van der Waals surface area contributed by atoms with Crippen LogP contribution in [0.4, 0.5) is 0 Å². The van der Waals surface area contributed by atoms with Crippen molar-refractivity contribution in [1.29, 1.82) is 0 Å². The summed E-state index contributed by atoms with van der Waals surface area (Å²) in [5.41, 5.74) is 1.79. The van der Waals surface area contributed by atoms with Gasteiger partial charge in [-0.2, -0.15) is 11.3 Å². The Kier molecular flexibility index (Phi) is 6.01. The monoisotopic (exact) mass is 305 g/mol. The van der Waals surface area contributed by atoms with Crippen molar-refractivity contribution in [2.75, 3.05) is 19.0 Å². The lowest BCUT2D eigenvalue weighted by molar-refractivity contribution is 0.0895. The molecule has 0 saturated heterocycles. The predicted molar refractivity (Wildman–Crippen MR) is 70.6 cm³/mol. The zero-order chi connectivity index (χ0) is 12.0. The average Bonchev–Trinajstić information content (AvgIpc) is 2.65. The fourth-order valence-electron chi connectivity index (χ4n) is 1.39. The first kappa shape index (κ1) is 13.7. The SMILES string of the molecule is COCC(CCBr)NC(=O)c1cscc1C. The molecule has 90 valence electrons. The smallest absolute Gasteiger partial charge is 0.252 e. The second-order valence-electron chi connectivity index (χ2n) is 3.57. The molecule has 0 bridgehead atoms. The molecule has 1 aromatic rings. The molecule has 1 amide bonds. The highest BCUT2D eigenvalue weighted by Gasteiger charge is 2.15. The summed E-state index contributed by atoms with van der Waals surface area (Å²) in [6, 6.07) is 0.0659. The molecule has 16 heavy (non-hydrogen) atoms. The van der Waals surface area contributed by atoms with Gasteiger partial charge in [0, 0.05) is 17.8 Å². The van der Waals surface area contributed by atoms with Gasteiger partial charge in [-0.3, -0.25) is 4.79 Å². The van der Waals surface area contributed by atoms with Crippen LogP contribution in [-0.2, 0) is 4.74 Å². The van der Waals surface area contributed by atoms with Gasteiger partial charge in [-0.25, -0.2) is 0 Å². The number of amides is 1. The third-order valence-corrected chi connectivity index (χ3v) is 3.58. The molecule has 0 aliphatic heterocycles. The maximum atomic E-state index is 11.9. The molecule has 0 spiro atoms. The standard InChI is InChI=1S/C11H16BrNO2S/c1-8-6-16-7-10(8)11(14)13-9(3-4-12)5-15-2/h6-7,9H,3-5H2,1-2H3,(H,13,14). The van der Waals surface area contributed by atoms with E-state index in [4.69, 9.17) is 4.74 Å². The first-order valence-electron chi connectivity index (χ1n) is 5.07. The highest BCUT2D eigenvalue weighted by molar-refractivity contribution is 9.09. The van der Waals surface area contributed by atoms with Crippen molar-refractivity contribution in [3.8, 4) is 0 Å². The van der Waals surface area contributed by atoms with Gasteiger partial charge in [-0.1, -0.05) is 15.9 Å². The van der Waals surface area contributed by atoms with Crippen LogP contribution in [0, 0.1) is 6.92 Å². The molecule has 3 nitrogen and oxygen atoms in total. The number of carbonyl (C=O) groups is 1. The van der Waals surface area contributed by atoms with E-state index in [2.05, 4.69) is 21.2 Å².